The molecular weight excluding hydrogens is 158 g/mol. The van der Waals surface area contributed by atoms with Crippen molar-refractivity contribution in [2.24, 2.45) is 0 Å². The number of amides is 1. The second-order valence-electron chi connectivity index (χ2n) is 2.99. The van der Waals surface area contributed by atoms with Crippen LogP contribution in [0.3, 0.4) is 0 Å². The Hall–Kier alpha value is -1.06. The first kappa shape index (κ1) is 9.03. The largest absolute Gasteiger partial charge is 0.465 e. The number of nitrogens with one attached hydrogen (secondary N) is 1. The quantitative estimate of drug-likeness (QED) is 0.615. The summed E-state index contributed by atoms with van der Waals surface area (Å²) in [5, 5.41) is 2.72. The van der Waals surface area contributed by atoms with Gasteiger partial charge in [0.25, 0.3) is 6.47 Å². The summed E-state index contributed by atoms with van der Waals surface area (Å²) in [4.78, 5) is 20.1. The van der Waals surface area contributed by atoms with Crippen LogP contribution >= 0.6 is 0 Å². The van der Waals surface area contributed by atoms with E-state index < -0.39 is 0 Å². The highest BCUT2D eigenvalue weighted by Crippen LogP contribution is 2.20. The lowest BCUT2D eigenvalue weighted by atomic mass is 9.93. The second-order valence-corrected chi connectivity index (χ2v) is 2.99. The van der Waals surface area contributed by atoms with Gasteiger partial charge in [0.1, 0.15) is 6.10 Å². The van der Waals surface area contributed by atoms with Crippen molar-refractivity contribution in [3.05, 3.63) is 0 Å². The molecule has 1 aliphatic rings. The van der Waals surface area contributed by atoms with E-state index in [-0.39, 0.29) is 12.1 Å². The minimum Gasteiger partial charge on any atom is -0.465 e. The van der Waals surface area contributed by atoms with Crippen LogP contribution in [0.15, 0.2) is 0 Å². The van der Waals surface area contributed by atoms with Gasteiger partial charge < -0.3 is 10.1 Å². The van der Waals surface area contributed by atoms with Crippen LogP contribution in [0, 0.1) is 0 Å². The van der Waals surface area contributed by atoms with E-state index in [2.05, 4.69) is 5.32 Å². The summed E-state index contributed by atoms with van der Waals surface area (Å²) in [5.41, 5.74) is 0. The molecule has 4 heteroatoms. The number of carbonyl (C=O) groups excluding carboxylic acids is 2. The average molecular weight is 171 g/mol. The van der Waals surface area contributed by atoms with Gasteiger partial charge in [0, 0.05) is 6.04 Å². The Labute approximate surface area is 71.3 Å². The third kappa shape index (κ3) is 2.53. The van der Waals surface area contributed by atoms with Crippen LogP contribution in [0.5, 0.6) is 0 Å². The average Bonchev–Trinajstić information content (AvgIpc) is 2.09. The summed E-state index contributed by atoms with van der Waals surface area (Å²) < 4.78 is 4.81. The van der Waals surface area contributed by atoms with Gasteiger partial charge in [-0.2, -0.15) is 0 Å². The minimum atomic E-state index is 0.0622. The zero-order chi connectivity index (χ0) is 8.81. The van der Waals surface area contributed by atoms with Crippen LogP contribution in [-0.4, -0.2) is 25.0 Å². The predicted octanol–water partition coefficient (Wildman–Crippen LogP) is 0.217. The molecule has 0 unspecified atom stereocenters. The summed E-state index contributed by atoms with van der Waals surface area (Å²) in [7, 11) is 0. The van der Waals surface area contributed by atoms with Crippen molar-refractivity contribution in [2.75, 3.05) is 0 Å². The van der Waals surface area contributed by atoms with Crippen LogP contribution in [-0.2, 0) is 14.3 Å². The highest BCUT2D eigenvalue weighted by atomic mass is 16.5. The molecule has 1 amide bonds. The molecule has 1 N–H and O–H groups in total. The highest BCUT2D eigenvalue weighted by molar-refractivity contribution is 5.46. The van der Waals surface area contributed by atoms with E-state index in [4.69, 9.17) is 4.74 Å². The van der Waals surface area contributed by atoms with Gasteiger partial charge in [-0.1, -0.05) is 0 Å². The summed E-state index contributed by atoms with van der Waals surface area (Å²) in [6.45, 7) is 0.498. The zero-order valence-electron chi connectivity index (χ0n) is 6.86. The first-order valence-corrected chi connectivity index (χ1v) is 4.15. The first-order chi connectivity index (χ1) is 5.86. The van der Waals surface area contributed by atoms with Crippen molar-refractivity contribution in [3.63, 3.8) is 0 Å². The number of hydrogen-bond donors (Lipinski definition) is 1. The Kier molecular flexibility index (Phi) is 3.57. The smallest absolute Gasteiger partial charge is 0.293 e. The number of carbonyl (C=O) groups is 2. The third-order valence-electron chi connectivity index (χ3n) is 2.23. The number of hydrogen-bond acceptors (Lipinski definition) is 3. The van der Waals surface area contributed by atoms with Gasteiger partial charge in [0.2, 0.25) is 6.41 Å². The summed E-state index contributed by atoms with van der Waals surface area (Å²) >= 11 is 0. The lowest BCUT2D eigenvalue weighted by Gasteiger charge is -2.26. The summed E-state index contributed by atoms with van der Waals surface area (Å²) in [5.74, 6) is 0. The Morgan fingerprint density at radius 2 is 1.83 bits per heavy atom. The molecule has 0 radical (unpaired) electrons. The van der Waals surface area contributed by atoms with Crippen LogP contribution in [0.4, 0.5) is 0 Å². The van der Waals surface area contributed by atoms with Crippen LogP contribution < -0.4 is 5.32 Å². The van der Waals surface area contributed by atoms with Crippen molar-refractivity contribution < 1.29 is 14.3 Å². The van der Waals surface area contributed by atoms with Crippen LogP contribution in [0.25, 0.3) is 0 Å². The molecule has 0 aromatic rings. The molecule has 68 valence electrons. The van der Waals surface area contributed by atoms with Gasteiger partial charge in [0.15, 0.2) is 0 Å². The fourth-order valence-corrected chi connectivity index (χ4v) is 1.54. The molecule has 0 bridgehead atoms. The van der Waals surface area contributed by atoms with Crippen LogP contribution in [0.1, 0.15) is 25.7 Å². The minimum absolute atomic E-state index is 0.0622. The summed E-state index contributed by atoms with van der Waals surface area (Å²) in [6, 6.07) is 0.272. The van der Waals surface area contributed by atoms with Crippen molar-refractivity contribution in [3.8, 4) is 0 Å². The van der Waals surface area contributed by atoms with E-state index in [0.29, 0.717) is 6.47 Å². The third-order valence-corrected chi connectivity index (χ3v) is 2.23. The van der Waals surface area contributed by atoms with Gasteiger partial charge in [0.05, 0.1) is 0 Å². The Morgan fingerprint density at radius 3 is 2.33 bits per heavy atom. The molecule has 0 aliphatic heterocycles. The Balaban J connectivity index is 2.19. The molecule has 0 heterocycles. The SMILES string of the molecule is O=CNC1CCC(OC=O)CC1. The fraction of sp³-hybridized carbons (Fsp3) is 0.750. The number of ether oxygens (including phenoxy) is 1. The molecule has 1 saturated carbocycles. The normalized spacial score (nSPS) is 29.0. The maximum Gasteiger partial charge on any atom is 0.293 e. The molecule has 1 fully saturated rings. The maximum absolute atomic E-state index is 10.1. The van der Waals surface area contributed by atoms with Crippen molar-refractivity contribution in [1.29, 1.82) is 0 Å². The Morgan fingerprint density at radius 1 is 1.17 bits per heavy atom. The van der Waals surface area contributed by atoms with E-state index in [1.165, 1.54) is 0 Å². The number of rotatable bonds is 4. The highest BCUT2D eigenvalue weighted by Gasteiger charge is 2.20. The maximum atomic E-state index is 10.1. The monoisotopic (exact) mass is 171 g/mol. The molecule has 0 aromatic carbocycles. The molecule has 0 atom stereocenters. The van der Waals surface area contributed by atoms with Crippen molar-refractivity contribution in [1.82, 2.24) is 5.32 Å². The lowest BCUT2D eigenvalue weighted by Crippen LogP contribution is -2.34. The molecule has 1 aliphatic carbocycles. The predicted molar refractivity (Wildman–Crippen MR) is 42.4 cm³/mol. The topological polar surface area (TPSA) is 55.4 Å². The van der Waals surface area contributed by atoms with Gasteiger partial charge in [-0.05, 0) is 25.7 Å². The van der Waals surface area contributed by atoms with Gasteiger partial charge in [-0.15, -0.1) is 0 Å². The van der Waals surface area contributed by atoms with Crippen molar-refractivity contribution in [2.45, 2.75) is 37.8 Å². The first-order valence-electron chi connectivity index (χ1n) is 4.15. The molecule has 0 aromatic heterocycles. The van der Waals surface area contributed by atoms with E-state index in [9.17, 15) is 9.59 Å². The molecule has 1 rings (SSSR count). The lowest BCUT2D eigenvalue weighted by molar-refractivity contribution is -0.135. The molecule has 4 nitrogen and oxygen atoms in total. The zero-order valence-corrected chi connectivity index (χ0v) is 6.86. The Bertz CT molecular complexity index is 134. The summed E-state index contributed by atoms with van der Waals surface area (Å²) in [6.07, 6.45) is 4.29. The van der Waals surface area contributed by atoms with Gasteiger partial charge >= 0.3 is 0 Å². The van der Waals surface area contributed by atoms with Crippen molar-refractivity contribution >= 4 is 12.9 Å². The second kappa shape index (κ2) is 4.74. The van der Waals surface area contributed by atoms with E-state index in [1.54, 1.807) is 0 Å². The van der Waals surface area contributed by atoms with E-state index in [0.717, 1.165) is 32.1 Å². The molecular formula is C8H13NO3. The standard InChI is InChI=1S/C8H13NO3/c10-5-9-7-1-3-8(4-2-7)12-6-11/h5-8H,1-4H2,(H,9,10). The van der Waals surface area contributed by atoms with Gasteiger partial charge in [-0.25, -0.2) is 0 Å². The van der Waals surface area contributed by atoms with E-state index >= 15 is 0 Å². The van der Waals surface area contributed by atoms with Crippen LogP contribution in [0.2, 0.25) is 0 Å². The van der Waals surface area contributed by atoms with E-state index in [1.807, 2.05) is 0 Å². The molecule has 0 spiro atoms. The molecule has 12 heavy (non-hydrogen) atoms. The fourth-order valence-electron chi connectivity index (χ4n) is 1.54. The van der Waals surface area contributed by atoms with Gasteiger partial charge in [-0.3, -0.25) is 9.59 Å². The molecule has 0 saturated heterocycles.